The van der Waals surface area contributed by atoms with E-state index >= 15 is 0 Å². The van der Waals surface area contributed by atoms with Crippen LogP contribution in [0.1, 0.15) is 38.6 Å². The molecule has 0 radical (unpaired) electrons. The van der Waals surface area contributed by atoms with E-state index in [-0.39, 0.29) is 24.3 Å². The second kappa shape index (κ2) is 6.88. The predicted octanol–water partition coefficient (Wildman–Crippen LogP) is 2.34. The number of amides is 2. The average Bonchev–Trinajstić information content (AvgIpc) is 3.04. The zero-order chi connectivity index (χ0) is 17.1. The minimum absolute atomic E-state index is 0.182. The molecule has 1 saturated carbocycles. The second-order valence-electron chi connectivity index (χ2n) is 5.47. The molecule has 1 aliphatic rings. The molecule has 3 rings (SSSR count). The average molecular weight is 348 g/mol. The van der Waals surface area contributed by atoms with Crippen LogP contribution in [0, 0.1) is 6.92 Å². The summed E-state index contributed by atoms with van der Waals surface area (Å²) >= 11 is 1.09. The van der Waals surface area contributed by atoms with Gasteiger partial charge in [0.1, 0.15) is 4.88 Å². The zero-order valence-electron chi connectivity index (χ0n) is 13.0. The number of aryl methyl sites for hydroxylation is 1. The number of ether oxygens (including phenoxy) is 1. The Balaban J connectivity index is 1.57. The third kappa shape index (κ3) is 4.02. The first-order chi connectivity index (χ1) is 11.5. The Kier molecular flexibility index (Phi) is 4.66. The molecule has 2 aromatic heterocycles. The van der Waals surface area contributed by atoms with Crippen LogP contribution in [0.5, 0.6) is 0 Å². The number of esters is 1. The maximum Gasteiger partial charge on any atom is 0.349 e. The molecule has 0 aromatic carbocycles. The van der Waals surface area contributed by atoms with Crippen LogP contribution in [-0.2, 0) is 9.53 Å². The van der Waals surface area contributed by atoms with E-state index in [9.17, 15) is 14.4 Å². The summed E-state index contributed by atoms with van der Waals surface area (Å²) < 4.78 is 10.0. The number of hydrogen-bond acceptors (Lipinski definition) is 6. The molecular weight excluding hydrogens is 332 g/mol. The number of carbonyl (C=O) groups excluding carboxylic acids is 3. The van der Waals surface area contributed by atoms with Gasteiger partial charge in [0.05, 0.1) is 11.3 Å². The quantitative estimate of drug-likeness (QED) is 0.781. The monoisotopic (exact) mass is 348 g/mol. The fourth-order valence-electron chi connectivity index (χ4n) is 2.02. The summed E-state index contributed by atoms with van der Waals surface area (Å²) in [7, 11) is 0. The van der Waals surface area contributed by atoms with Crippen LogP contribution in [0.4, 0.5) is 5.00 Å². The van der Waals surface area contributed by atoms with Crippen molar-refractivity contribution in [3.63, 3.8) is 0 Å². The van der Waals surface area contributed by atoms with E-state index in [0.29, 0.717) is 15.4 Å². The van der Waals surface area contributed by atoms with Crippen molar-refractivity contribution in [1.29, 1.82) is 0 Å². The van der Waals surface area contributed by atoms with Crippen LogP contribution < -0.4 is 10.6 Å². The summed E-state index contributed by atoms with van der Waals surface area (Å²) in [6.07, 6.45) is 3.36. The molecule has 0 spiro atoms. The zero-order valence-corrected chi connectivity index (χ0v) is 13.8. The van der Waals surface area contributed by atoms with Crippen LogP contribution in [0.2, 0.25) is 0 Å². The summed E-state index contributed by atoms with van der Waals surface area (Å²) in [6, 6.07) is 5.06. The molecule has 24 heavy (non-hydrogen) atoms. The van der Waals surface area contributed by atoms with E-state index in [4.69, 9.17) is 9.15 Å². The van der Waals surface area contributed by atoms with Crippen molar-refractivity contribution in [3.8, 4) is 0 Å². The Labute approximate surface area is 142 Å². The van der Waals surface area contributed by atoms with E-state index in [2.05, 4.69) is 10.6 Å². The highest BCUT2D eigenvalue weighted by atomic mass is 32.1. The largest absolute Gasteiger partial charge is 0.459 e. The molecule has 2 amide bonds. The third-order valence-electron chi connectivity index (χ3n) is 3.36. The standard InChI is InChI=1S/C16H16N2O5S/c1-9-7-13(18-15(20)11-3-2-6-22-11)24-14(9)16(21)23-8-12(19)17-10-4-5-10/h2-3,6-7,10H,4-5,8H2,1H3,(H,17,19)(H,18,20). The molecule has 2 N–H and O–H groups in total. The lowest BCUT2D eigenvalue weighted by molar-refractivity contribution is -0.124. The molecule has 7 nitrogen and oxygen atoms in total. The van der Waals surface area contributed by atoms with E-state index in [1.54, 1.807) is 25.1 Å². The highest BCUT2D eigenvalue weighted by Gasteiger charge is 2.24. The van der Waals surface area contributed by atoms with Gasteiger partial charge in [-0.2, -0.15) is 0 Å². The lowest BCUT2D eigenvalue weighted by atomic mass is 10.3. The molecule has 0 unspecified atom stereocenters. The van der Waals surface area contributed by atoms with Crippen molar-refractivity contribution in [2.24, 2.45) is 0 Å². The van der Waals surface area contributed by atoms with Crippen LogP contribution in [-0.4, -0.2) is 30.4 Å². The van der Waals surface area contributed by atoms with Gasteiger partial charge in [-0.1, -0.05) is 0 Å². The first-order valence-electron chi connectivity index (χ1n) is 7.44. The smallest absolute Gasteiger partial charge is 0.349 e. The molecule has 0 aliphatic heterocycles. The Morgan fingerprint density at radius 1 is 1.38 bits per heavy atom. The Bertz CT molecular complexity index is 762. The topological polar surface area (TPSA) is 97.6 Å². The fraction of sp³-hybridized carbons (Fsp3) is 0.312. The van der Waals surface area contributed by atoms with Crippen molar-refractivity contribution in [1.82, 2.24) is 5.32 Å². The SMILES string of the molecule is Cc1cc(NC(=O)c2ccco2)sc1C(=O)OCC(=O)NC1CC1. The number of hydrogen-bond donors (Lipinski definition) is 2. The van der Waals surface area contributed by atoms with Crippen molar-refractivity contribution >= 4 is 34.1 Å². The van der Waals surface area contributed by atoms with Gasteiger partial charge in [-0.05, 0) is 43.5 Å². The molecule has 8 heteroatoms. The van der Waals surface area contributed by atoms with Crippen LogP contribution >= 0.6 is 11.3 Å². The molecule has 0 bridgehead atoms. The lowest BCUT2D eigenvalue weighted by Gasteiger charge is -2.04. The molecule has 0 saturated heterocycles. The Hall–Kier alpha value is -2.61. The normalized spacial score (nSPS) is 13.4. The van der Waals surface area contributed by atoms with Crippen molar-refractivity contribution in [2.45, 2.75) is 25.8 Å². The molecule has 2 aromatic rings. The van der Waals surface area contributed by atoms with Gasteiger partial charge in [0.25, 0.3) is 11.8 Å². The van der Waals surface area contributed by atoms with Gasteiger partial charge in [0, 0.05) is 6.04 Å². The molecule has 1 aliphatic carbocycles. The van der Waals surface area contributed by atoms with E-state index in [1.807, 2.05) is 0 Å². The van der Waals surface area contributed by atoms with Gasteiger partial charge in [-0.3, -0.25) is 9.59 Å². The number of nitrogens with one attached hydrogen (secondary N) is 2. The highest BCUT2D eigenvalue weighted by Crippen LogP contribution is 2.28. The summed E-state index contributed by atoms with van der Waals surface area (Å²) in [5, 5.41) is 5.90. The molecule has 2 heterocycles. The second-order valence-corrected chi connectivity index (χ2v) is 6.52. The van der Waals surface area contributed by atoms with E-state index < -0.39 is 11.9 Å². The number of thiophene rings is 1. The Morgan fingerprint density at radius 2 is 2.17 bits per heavy atom. The van der Waals surface area contributed by atoms with E-state index in [0.717, 1.165) is 24.2 Å². The molecular formula is C16H16N2O5S. The van der Waals surface area contributed by atoms with Crippen LogP contribution in [0.25, 0.3) is 0 Å². The number of carbonyl (C=O) groups is 3. The maximum atomic E-state index is 12.1. The molecule has 1 fully saturated rings. The molecule has 126 valence electrons. The van der Waals surface area contributed by atoms with Gasteiger partial charge in [-0.25, -0.2) is 4.79 Å². The fourth-order valence-corrected chi connectivity index (χ4v) is 2.98. The van der Waals surface area contributed by atoms with Gasteiger partial charge in [0.2, 0.25) is 0 Å². The summed E-state index contributed by atoms with van der Waals surface area (Å²) in [5.74, 6) is -1.10. The number of furan rings is 1. The minimum Gasteiger partial charge on any atom is -0.459 e. The summed E-state index contributed by atoms with van der Waals surface area (Å²) in [5.41, 5.74) is 0.669. The van der Waals surface area contributed by atoms with Gasteiger partial charge >= 0.3 is 5.97 Å². The third-order valence-corrected chi connectivity index (χ3v) is 4.49. The Morgan fingerprint density at radius 3 is 2.83 bits per heavy atom. The summed E-state index contributed by atoms with van der Waals surface area (Å²) in [4.78, 5) is 35.9. The van der Waals surface area contributed by atoms with Crippen LogP contribution in [0.3, 0.4) is 0 Å². The minimum atomic E-state index is -0.582. The van der Waals surface area contributed by atoms with E-state index in [1.165, 1.54) is 6.26 Å². The van der Waals surface area contributed by atoms with Gasteiger partial charge in [0.15, 0.2) is 12.4 Å². The highest BCUT2D eigenvalue weighted by molar-refractivity contribution is 7.18. The van der Waals surface area contributed by atoms with Crippen molar-refractivity contribution < 1.29 is 23.5 Å². The lowest BCUT2D eigenvalue weighted by Crippen LogP contribution is -2.30. The summed E-state index contributed by atoms with van der Waals surface area (Å²) in [6.45, 7) is 1.43. The van der Waals surface area contributed by atoms with Crippen molar-refractivity contribution in [2.75, 3.05) is 11.9 Å². The van der Waals surface area contributed by atoms with Gasteiger partial charge in [-0.15, -0.1) is 11.3 Å². The van der Waals surface area contributed by atoms with Gasteiger partial charge < -0.3 is 19.8 Å². The van der Waals surface area contributed by atoms with Crippen LogP contribution in [0.15, 0.2) is 28.9 Å². The van der Waals surface area contributed by atoms with Crippen molar-refractivity contribution in [3.05, 3.63) is 40.7 Å². The number of rotatable bonds is 6. The first-order valence-corrected chi connectivity index (χ1v) is 8.26. The predicted molar refractivity (Wildman–Crippen MR) is 87.2 cm³/mol. The maximum absolute atomic E-state index is 12.1. The molecule has 0 atom stereocenters. The number of anilines is 1. The first kappa shape index (κ1) is 16.3.